The summed E-state index contributed by atoms with van der Waals surface area (Å²) in [5.41, 5.74) is 0. The molecule has 0 N–H and O–H groups in total. The van der Waals surface area contributed by atoms with Crippen molar-refractivity contribution >= 4 is 37.2 Å². The highest BCUT2D eigenvalue weighted by Crippen LogP contribution is 2.40. The SMILES string of the molecule is O=[N+]([O-])c1sc2ccccc2c1S(=O)c1ccccc1. The van der Waals surface area contributed by atoms with E-state index in [1.54, 1.807) is 42.5 Å². The molecule has 0 radical (unpaired) electrons. The van der Waals surface area contributed by atoms with Crippen LogP contribution in [0.15, 0.2) is 64.4 Å². The highest BCUT2D eigenvalue weighted by Gasteiger charge is 2.26. The van der Waals surface area contributed by atoms with Crippen LogP contribution >= 0.6 is 11.3 Å². The standard InChI is InChI=1S/C14H9NO3S2/c16-15(17)14-13(11-8-4-5-9-12(11)19-14)20(18)10-6-2-1-3-7-10/h1-9H. The van der Waals surface area contributed by atoms with Gasteiger partial charge < -0.3 is 0 Å². The summed E-state index contributed by atoms with van der Waals surface area (Å²) >= 11 is 1.06. The molecule has 0 spiro atoms. The van der Waals surface area contributed by atoms with Crippen LogP contribution in [0.5, 0.6) is 0 Å². The van der Waals surface area contributed by atoms with Crippen molar-refractivity contribution in [1.29, 1.82) is 0 Å². The van der Waals surface area contributed by atoms with Gasteiger partial charge in [0.25, 0.3) is 0 Å². The van der Waals surface area contributed by atoms with Gasteiger partial charge in [0.1, 0.15) is 4.90 Å². The Balaban J connectivity index is 2.27. The topological polar surface area (TPSA) is 60.2 Å². The van der Waals surface area contributed by atoms with Crippen molar-refractivity contribution < 1.29 is 9.13 Å². The maximum atomic E-state index is 12.7. The summed E-state index contributed by atoms with van der Waals surface area (Å²) in [5, 5.41) is 11.8. The molecule has 0 saturated carbocycles. The van der Waals surface area contributed by atoms with Crippen LogP contribution in [0.2, 0.25) is 0 Å². The van der Waals surface area contributed by atoms with Gasteiger partial charge in [0.15, 0.2) is 0 Å². The van der Waals surface area contributed by atoms with Crippen molar-refractivity contribution in [3.63, 3.8) is 0 Å². The molecule has 1 unspecified atom stereocenters. The lowest BCUT2D eigenvalue weighted by atomic mass is 10.3. The Morgan fingerprint density at radius 3 is 2.35 bits per heavy atom. The summed E-state index contributed by atoms with van der Waals surface area (Å²) in [4.78, 5) is 11.6. The quantitative estimate of drug-likeness (QED) is 0.543. The summed E-state index contributed by atoms with van der Waals surface area (Å²) in [6.45, 7) is 0. The van der Waals surface area contributed by atoms with Crippen molar-refractivity contribution in [1.82, 2.24) is 0 Å². The van der Waals surface area contributed by atoms with Gasteiger partial charge in [-0.05, 0) is 18.2 Å². The number of nitro groups is 1. The van der Waals surface area contributed by atoms with E-state index >= 15 is 0 Å². The minimum absolute atomic E-state index is 0.0478. The van der Waals surface area contributed by atoms with Gasteiger partial charge in [-0.1, -0.05) is 47.7 Å². The zero-order valence-corrected chi connectivity index (χ0v) is 11.8. The molecular weight excluding hydrogens is 294 g/mol. The van der Waals surface area contributed by atoms with Gasteiger partial charge in [-0.25, -0.2) is 4.21 Å². The van der Waals surface area contributed by atoms with Gasteiger partial charge in [-0.2, -0.15) is 0 Å². The zero-order chi connectivity index (χ0) is 14.1. The van der Waals surface area contributed by atoms with E-state index in [9.17, 15) is 14.3 Å². The molecule has 20 heavy (non-hydrogen) atoms. The fourth-order valence-electron chi connectivity index (χ4n) is 1.97. The molecule has 6 heteroatoms. The fourth-order valence-corrected chi connectivity index (χ4v) is 4.55. The third-order valence-electron chi connectivity index (χ3n) is 2.84. The number of hydrogen-bond donors (Lipinski definition) is 0. The minimum atomic E-state index is -1.55. The Hall–Kier alpha value is -2.05. The number of fused-ring (bicyclic) bond motifs is 1. The molecule has 0 bridgehead atoms. The Morgan fingerprint density at radius 1 is 1.00 bits per heavy atom. The summed E-state index contributed by atoms with van der Waals surface area (Å²) in [5.74, 6) is 0. The first-order chi connectivity index (χ1) is 9.68. The lowest BCUT2D eigenvalue weighted by Gasteiger charge is -2.00. The van der Waals surface area contributed by atoms with E-state index in [4.69, 9.17) is 0 Å². The number of hydrogen-bond acceptors (Lipinski definition) is 4. The van der Waals surface area contributed by atoms with E-state index < -0.39 is 15.7 Å². The molecule has 1 heterocycles. The number of nitrogens with zero attached hydrogens (tertiary/aromatic N) is 1. The van der Waals surface area contributed by atoms with E-state index in [0.29, 0.717) is 15.2 Å². The van der Waals surface area contributed by atoms with Crippen LogP contribution in [0.4, 0.5) is 5.00 Å². The molecule has 0 fully saturated rings. The Labute approximate surface area is 121 Å². The first-order valence-electron chi connectivity index (χ1n) is 5.81. The summed E-state index contributed by atoms with van der Waals surface area (Å²) in [6, 6.07) is 16.0. The molecule has 0 amide bonds. The second-order valence-electron chi connectivity index (χ2n) is 4.07. The lowest BCUT2D eigenvalue weighted by Crippen LogP contribution is -1.96. The van der Waals surface area contributed by atoms with Gasteiger partial charge in [0.05, 0.1) is 15.7 Å². The van der Waals surface area contributed by atoms with Gasteiger partial charge in [-0.15, -0.1) is 0 Å². The van der Waals surface area contributed by atoms with Gasteiger partial charge in [0, 0.05) is 15.0 Å². The van der Waals surface area contributed by atoms with Crippen LogP contribution in [-0.4, -0.2) is 9.13 Å². The summed E-state index contributed by atoms with van der Waals surface area (Å²) in [6.07, 6.45) is 0. The normalized spacial score (nSPS) is 12.4. The van der Waals surface area contributed by atoms with E-state index in [0.717, 1.165) is 16.0 Å². The average Bonchev–Trinajstić information content (AvgIpc) is 2.87. The van der Waals surface area contributed by atoms with Crippen molar-refractivity contribution in [2.45, 2.75) is 9.79 Å². The monoisotopic (exact) mass is 303 g/mol. The Bertz CT molecular complexity index is 812. The van der Waals surface area contributed by atoms with E-state index in [2.05, 4.69) is 0 Å². The van der Waals surface area contributed by atoms with Crippen LogP contribution in [-0.2, 0) is 10.8 Å². The molecule has 3 aromatic rings. The highest BCUT2D eigenvalue weighted by atomic mass is 32.2. The van der Waals surface area contributed by atoms with Gasteiger partial charge in [-0.3, -0.25) is 10.1 Å². The van der Waals surface area contributed by atoms with Crippen LogP contribution < -0.4 is 0 Å². The molecule has 4 nitrogen and oxygen atoms in total. The zero-order valence-electron chi connectivity index (χ0n) is 10.2. The van der Waals surface area contributed by atoms with Crippen molar-refractivity contribution in [3.05, 3.63) is 64.7 Å². The Morgan fingerprint density at radius 2 is 1.65 bits per heavy atom. The third kappa shape index (κ3) is 2.13. The Kier molecular flexibility index (Phi) is 3.33. The van der Waals surface area contributed by atoms with E-state index in [1.807, 2.05) is 12.1 Å². The lowest BCUT2D eigenvalue weighted by molar-refractivity contribution is -0.382. The maximum Gasteiger partial charge on any atom is 0.341 e. The largest absolute Gasteiger partial charge is 0.341 e. The second-order valence-corrected chi connectivity index (χ2v) is 6.52. The average molecular weight is 303 g/mol. The molecule has 1 aromatic heterocycles. The predicted molar refractivity (Wildman–Crippen MR) is 79.6 cm³/mol. The molecule has 0 aliphatic rings. The first kappa shape index (κ1) is 13.0. The smallest absolute Gasteiger partial charge is 0.258 e. The fraction of sp³-hybridized carbons (Fsp3) is 0. The summed E-state index contributed by atoms with van der Waals surface area (Å²) < 4.78 is 13.4. The molecule has 100 valence electrons. The molecule has 0 aliphatic heterocycles. The summed E-state index contributed by atoms with van der Waals surface area (Å²) in [7, 11) is -1.55. The van der Waals surface area contributed by atoms with Crippen molar-refractivity contribution in [2.75, 3.05) is 0 Å². The van der Waals surface area contributed by atoms with Crippen LogP contribution in [0.1, 0.15) is 0 Å². The number of rotatable bonds is 3. The van der Waals surface area contributed by atoms with Crippen LogP contribution in [0, 0.1) is 10.1 Å². The van der Waals surface area contributed by atoms with Gasteiger partial charge in [0.2, 0.25) is 0 Å². The van der Waals surface area contributed by atoms with E-state index in [-0.39, 0.29) is 5.00 Å². The molecule has 0 saturated heterocycles. The maximum absolute atomic E-state index is 12.7. The van der Waals surface area contributed by atoms with Crippen molar-refractivity contribution in [3.8, 4) is 0 Å². The number of benzene rings is 2. The third-order valence-corrected chi connectivity index (χ3v) is 5.58. The van der Waals surface area contributed by atoms with Crippen molar-refractivity contribution in [2.24, 2.45) is 0 Å². The molecule has 0 aliphatic carbocycles. The highest BCUT2D eigenvalue weighted by molar-refractivity contribution is 7.85. The first-order valence-corrected chi connectivity index (χ1v) is 7.78. The molecule has 2 aromatic carbocycles. The molecular formula is C14H9NO3S2. The predicted octanol–water partition coefficient (Wildman–Crippen LogP) is 3.98. The van der Waals surface area contributed by atoms with E-state index in [1.165, 1.54) is 0 Å². The number of thiophene rings is 1. The van der Waals surface area contributed by atoms with Gasteiger partial charge >= 0.3 is 5.00 Å². The van der Waals surface area contributed by atoms with Crippen LogP contribution in [0.3, 0.4) is 0 Å². The minimum Gasteiger partial charge on any atom is -0.258 e. The molecule has 3 rings (SSSR count). The molecule has 1 atom stereocenters. The second kappa shape index (κ2) is 5.15. The van der Waals surface area contributed by atoms with Crippen LogP contribution in [0.25, 0.3) is 10.1 Å².